The number of rotatable bonds is 2. The first-order valence-electron chi connectivity index (χ1n) is 5.30. The van der Waals surface area contributed by atoms with Crippen molar-refractivity contribution in [3.8, 4) is 6.07 Å². The third kappa shape index (κ3) is 2.84. The van der Waals surface area contributed by atoms with E-state index in [1.165, 1.54) is 30.5 Å². The van der Waals surface area contributed by atoms with Crippen molar-refractivity contribution in [3.63, 3.8) is 0 Å². The van der Waals surface area contributed by atoms with Crippen molar-refractivity contribution >= 4 is 11.6 Å². The van der Waals surface area contributed by atoms with Crippen LogP contribution in [0.4, 0.5) is 10.1 Å². The van der Waals surface area contributed by atoms with Crippen LogP contribution in [0.2, 0.25) is 0 Å². The lowest BCUT2D eigenvalue weighted by atomic mass is 10.1. The molecule has 0 bridgehead atoms. The molecule has 1 aromatic carbocycles. The largest absolute Gasteiger partial charge is 0.329 e. The van der Waals surface area contributed by atoms with E-state index < -0.39 is 11.7 Å². The van der Waals surface area contributed by atoms with Gasteiger partial charge in [0.1, 0.15) is 5.82 Å². The highest BCUT2D eigenvalue weighted by Crippen LogP contribution is 2.12. The molecule has 1 aromatic heterocycles. The number of hydrogen-bond donors (Lipinski definition) is 2. The lowest BCUT2D eigenvalue weighted by Gasteiger charge is -2.05. The number of aromatic nitrogens is 1. The minimum absolute atomic E-state index is 0.130. The predicted octanol–water partition coefficient (Wildman–Crippen LogP) is 1.64. The molecule has 0 atom stereocenters. The summed E-state index contributed by atoms with van der Waals surface area (Å²) >= 11 is 0. The molecule has 0 radical (unpaired) electrons. The molecule has 0 aliphatic carbocycles. The molecule has 0 unspecified atom stereocenters. The van der Waals surface area contributed by atoms with Gasteiger partial charge in [-0.2, -0.15) is 5.26 Å². The summed E-state index contributed by atoms with van der Waals surface area (Å²) in [4.78, 5) is 25.2. The maximum Gasteiger partial charge on any atom is 0.258 e. The first-order chi connectivity index (χ1) is 9.10. The average Bonchev–Trinajstić information content (AvgIpc) is 2.38. The maximum absolute atomic E-state index is 13.6. The number of anilines is 1. The number of aromatic amines is 1. The van der Waals surface area contributed by atoms with Crippen LogP contribution in [0.15, 0.2) is 41.3 Å². The lowest BCUT2D eigenvalue weighted by Crippen LogP contribution is -2.15. The molecule has 5 nitrogen and oxygen atoms in total. The van der Waals surface area contributed by atoms with Crippen molar-refractivity contribution in [2.45, 2.75) is 0 Å². The van der Waals surface area contributed by atoms with Gasteiger partial charge >= 0.3 is 0 Å². The zero-order valence-electron chi connectivity index (χ0n) is 9.61. The van der Waals surface area contributed by atoms with Crippen LogP contribution in [-0.2, 0) is 0 Å². The molecule has 0 saturated carbocycles. The zero-order chi connectivity index (χ0) is 13.8. The molecule has 0 aliphatic heterocycles. The fourth-order valence-electron chi connectivity index (χ4n) is 1.49. The molecule has 2 rings (SSSR count). The van der Waals surface area contributed by atoms with E-state index in [2.05, 4.69) is 10.3 Å². The number of H-pyrrole nitrogens is 1. The lowest BCUT2D eigenvalue weighted by molar-refractivity contribution is 0.102. The predicted molar refractivity (Wildman–Crippen MR) is 66.1 cm³/mol. The number of pyridine rings is 1. The number of halogens is 1. The van der Waals surface area contributed by atoms with Crippen molar-refractivity contribution in [1.29, 1.82) is 5.26 Å². The molecule has 94 valence electrons. The minimum atomic E-state index is -0.790. The number of nitrogens with zero attached hydrogens (tertiary/aromatic N) is 1. The van der Waals surface area contributed by atoms with Gasteiger partial charge in [0.15, 0.2) is 0 Å². The molecular weight excluding hydrogens is 249 g/mol. The first kappa shape index (κ1) is 12.5. The number of nitriles is 1. The molecule has 0 fully saturated rings. The van der Waals surface area contributed by atoms with E-state index in [1.807, 2.05) is 0 Å². The zero-order valence-corrected chi connectivity index (χ0v) is 9.61. The summed E-state index contributed by atoms with van der Waals surface area (Å²) in [7, 11) is 0. The molecular formula is C13H8FN3O2. The second kappa shape index (κ2) is 5.14. The van der Waals surface area contributed by atoms with Crippen molar-refractivity contribution in [2.24, 2.45) is 0 Å². The standard InChI is InChI=1S/C13H8FN3O2/c14-11-5-8(7-15)1-2-10(11)13(19)17-9-3-4-16-12(18)6-9/h1-6H,(H2,16,17,18,19). The number of hydrogen-bond acceptors (Lipinski definition) is 3. The number of amides is 1. The van der Waals surface area contributed by atoms with Crippen molar-refractivity contribution in [2.75, 3.05) is 5.32 Å². The van der Waals surface area contributed by atoms with Crippen LogP contribution in [0.1, 0.15) is 15.9 Å². The van der Waals surface area contributed by atoms with Crippen LogP contribution in [0.5, 0.6) is 0 Å². The topological polar surface area (TPSA) is 85.8 Å². The smallest absolute Gasteiger partial charge is 0.258 e. The monoisotopic (exact) mass is 257 g/mol. The Bertz CT molecular complexity index is 731. The first-order valence-corrected chi connectivity index (χ1v) is 5.30. The molecule has 0 spiro atoms. The summed E-state index contributed by atoms with van der Waals surface area (Å²) in [5.74, 6) is -1.48. The van der Waals surface area contributed by atoms with E-state index in [4.69, 9.17) is 5.26 Å². The van der Waals surface area contributed by atoms with E-state index in [0.29, 0.717) is 0 Å². The molecule has 0 aliphatic rings. The Balaban J connectivity index is 2.26. The van der Waals surface area contributed by atoms with Gasteiger partial charge in [0.05, 0.1) is 17.2 Å². The highest BCUT2D eigenvalue weighted by Gasteiger charge is 2.12. The van der Waals surface area contributed by atoms with Crippen LogP contribution >= 0.6 is 0 Å². The van der Waals surface area contributed by atoms with Gasteiger partial charge in [-0.05, 0) is 24.3 Å². The van der Waals surface area contributed by atoms with Gasteiger partial charge in [-0.3, -0.25) is 9.59 Å². The molecule has 19 heavy (non-hydrogen) atoms. The fraction of sp³-hybridized carbons (Fsp3) is 0. The number of carbonyl (C=O) groups excluding carboxylic acids is 1. The second-order valence-corrected chi connectivity index (χ2v) is 3.70. The minimum Gasteiger partial charge on any atom is -0.329 e. The number of carbonyl (C=O) groups is 1. The van der Waals surface area contributed by atoms with Gasteiger partial charge < -0.3 is 10.3 Å². The number of nitrogens with one attached hydrogen (secondary N) is 2. The van der Waals surface area contributed by atoms with Gasteiger partial charge in [0.25, 0.3) is 5.91 Å². The van der Waals surface area contributed by atoms with E-state index >= 15 is 0 Å². The van der Waals surface area contributed by atoms with Gasteiger partial charge in [0, 0.05) is 18.0 Å². The molecule has 2 N–H and O–H groups in total. The third-order valence-corrected chi connectivity index (χ3v) is 2.38. The summed E-state index contributed by atoms with van der Waals surface area (Å²) in [6.45, 7) is 0. The maximum atomic E-state index is 13.6. The van der Waals surface area contributed by atoms with Crippen molar-refractivity contribution in [1.82, 2.24) is 4.98 Å². The Morgan fingerprint density at radius 2 is 2.11 bits per heavy atom. The van der Waals surface area contributed by atoms with E-state index in [-0.39, 0.29) is 22.4 Å². The van der Waals surface area contributed by atoms with E-state index in [0.717, 1.165) is 6.07 Å². The average molecular weight is 257 g/mol. The van der Waals surface area contributed by atoms with Gasteiger partial charge in [-0.1, -0.05) is 0 Å². The Hall–Kier alpha value is -2.94. The van der Waals surface area contributed by atoms with Crippen molar-refractivity contribution < 1.29 is 9.18 Å². The summed E-state index contributed by atoms with van der Waals surface area (Å²) in [5, 5.41) is 11.0. The van der Waals surface area contributed by atoms with Gasteiger partial charge in [0.2, 0.25) is 5.56 Å². The van der Waals surface area contributed by atoms with Crippen LogP contribution in [0.25, 0.3) is 0 Å². The summed E-state index contributed by atoms with van der Waals surface area (Å²) in [5.41, 5.74) is -0.180. The Kier molecular flexibility index (Phi) is 3.39. The summed E-state index contributed by atoms with van der Waals surface area (Å²) in [6, 6.07) is 7.97. The Labute approximate surface area is 107 Å². The Morgan fingerprint density at radius 3 is 2.74 bits per heavy atom. The number of benzene rings is 1. The van der Waals surface area contributed by atoms with Crippen molar-refractivity contribution in [3.05, 3.63) is 63.8 Å². The molecule has 2 aromatic rings. The third-order valence-electron chi connectivity index (χ3n) is 2.38. The fourth-order valence-corrected chi connectivity index (χ4v) is 1.49. The van der Waals surface area contributed by atoms with Gasteiger partial charge in [-0.15, -0.1) is 0 Å². The summed E-state index contributed by atoms with van der Waals surface area (Å²) in [6.07, 6.45) is 1.37. The quantitative estimate of drug-likeness (QED) is 0.857. The second-order valence-electron chi connectivity index (χ2n) is 3.70. The molecule has 6 heteroatoms. The van der Waals surface area contributed by atoms with E-state index in [9.17, 15) is 14.0 Å². The van der Waals surface area contributed by atoms with Crippen LogP contribution in [0.3, 0.4) is 0 Å². The Morgan fingerprint density at radius 1 is 1.32 bits per heavy atom. The van der Waals surface area contributed by atoms with E-state index in [1.54, 1.807) is 6.07 Å². The highest BCUT2D eigenvalue weighted by atomic mass is 19.1. The van der Waals surface area contributed by atoms with Gasteiger partial charge in [-0.25, -0.2) is 4.39 Å². The van der Waals surface area contributed by atoms with Crippen LogP contribution in [-0.4, -0.2) is 10.9 Å². The van der Waals surface area contributed by atoms with Crippen LogP contribution in [0, 0.1) is 17.1 Å². The van der Waals surface area contributed by atoms with Crippen LogP contribution < -0.4 is 10.9 Å². The highest BCUT2D eigenvalue weighted by molar-refractivity contribution is 6.04. The molecule has 1 amide bonds. The summed E-state index contributed by atoms with van der Waals surface area (Å²) < 4.78 is 13.6. The normalized spacial score (nSPS) is 9.68. The molecule has 1 heterocycles. The molecule has 0 saturated heterocycles. The SMILES string of the molecule is N#Cc1ccc(C(=O)Nc2cc[nH]c(=O)c2)c(F)c1.